The molecule has 176 valence electrons. The van der Waals surface area contributed by atoms with Gasteiger partial charge in [-0.2, -0.15) is 0 Å². The largest absolute Gasteiger partial charge is 0.468 e. The maximum atomic E-state index is 12.9. The molecule has 0 bridgehead atoms. The molecule has 10 nitrogen and oxygen atoms in total. The van der Waals surface area contributed by atoms with E-state index in [0.29, 0.717) is 0 Å². The van der Waals surface area contributed by atoms with Crippen molar-refractivity contribution in [2.75, 3.05) is 31.8 Å². The van der Waals surface area contributed by atoms with E-state index < -0.39 is 35.8 Å². The van der Waals surface area contributed by atoms with Crippen LogP contribution in [0.1, 0.15) is 55.3 Å². The van der Waals surface area contributed by atoms with E-state index in [1.165, 1.54) is 37.1 Å². The first-order valence-corrected chi connectivity index (χ1v) is 10.2. The van der Waals surface area contributed by atoms with Gasteiger partial charge < -0.3 is 19.5 Å². The van der Waals surface area contributed by atoms with Crippen molar-refractivity contribution in [3.63, 3.8) is 0 Å². The Morgan fingerprint density at radius 2 is 1.44 bits per heavy atom. The van der Waals surface area contributed by atoms with E-state index in [9.17, 15) is 24.0 Å². The number of rotatable bonds is 10. The molecule has 1 rings (SSSR count). The van der Waals surface area contributed by atoms with Gasteiger partial charge in [-0.1, -0.05) is 13.8 Å². The van der Waals surface area contributed by atoms with Gasteiger partial charge in [0.1, 0.15) is 12.6 Å². The predicted molar refractivity (Wildman–Crippen MR) is 115 cm³/mol. The summed E-state index contributed by atoms with van der Waals surface area (Å²) in [6, 6.07) is 3.00. The van der Waals surface area contributed by atoms with Gasteiger partial charge in [-0.05, 0) is 38.0 Å². The molecule has 0 saturated carbocycles. The van der Waals surface area contributed by atoms with Gasteiger partial charge in [0.25, 0.3) is 0 Å². The minimum absolute atomic E-state index is 0.0242. The Kier molecular flexibility index (Phi) is 10.3. The monoisotopic (exact) mass is 450 g/mol. The van der Waals surface area contributed by atoms with Crippen LogP contribution in [0.4, 0.5) is 5.69 Å². The summed E-state index contributed by atoms with van der Waals surface area (Å²) in [6.07, 6.45) is 0. The average Bonchev–Trinajstić information content (AvgIpc) is 2.74. The third-order valence-corrected chi connectivity index (χ3v) is 4.37. The van der Waals surface area contributed by atoms with Gasteiger partial charge in [-0.25, -0.2) is 9.59 Å². The van der Waals surface area contributed by atoms with Gasteiger partial charge in [0.2, 0.25) is 11.8 Å². The lowest BCUT2D eigenvalue weighted by Crippen LogP contribution is -2.53. The number of carbonyl (C=O) groups is 5. The van der Waals surface area contributed by atoms with Crippen molar-refractivity contribution in [1.82, 2.24) is 5.32 Å². The molecule has 1 atom stereocenters. The Balaban J connectivity index is 3.54. The van der Waals surface area contributed by atoms with Gasteiger partial charge in [0, 0.05) is 12.6 Å². The first-order chi connectivity index (χ1) is 15.1. The molecule has 1 aromatic carbocycles. The van der Waals surface area contributed by atoms with Crippen molar-refractivity contribution in [2.45, 2.75) is 40.7 Å². The van der Waals surface area contributed by atoms with Crippen LogP contribution in [-0.2, 0) is 28.6 Å². The number of anilines is 1. The lowest BCUT2D eigenvalue weighted by atomic mass is 9.99. The van der Waals surface area contributed by atoms with E-state index >= 15 is 0 Å². The number of methoxy groups -OCH3 is 1. The molecule has 0 fully saturated rings. The molecule has 1 unspecified atom stereocenters. The number of nitrogens with zero attached hydrogens (tertiary/aromatic N) is 1. The lowest BCUT2D eigenvalue weighted by Gasteiger charge is -2.33. The van der Waals surface area contributed by atoms with Crippen LogP contribution >= 0.6 is 0 Å². The Morgan fingerprint density at radius 1 is 0.938 bits per heavy atom. The number of esters is 3. The standard InChI is InChI=1S/C22H30N2O8/c1-7-31-21(28)15-9-16(22(29)32-8-2)11-17(10-15)24(14(5)25)19(13(3)4)20(27)23-12-18(26)30-6/h9-11,13,19H,7-8,12H2,1-6H3,(H,23,27). The molecule has 0 aliphatic rings. The molecule has 2 amide bonds. The molecule has 0 heterocycles. The zero-order valence-corrected chi connectivity index (χ0v) is 19.2. The van der Waals surface area contributed by atoms with Crippen LogP contribution < -0.4 is 10.2 Å². The summed E-state index contributed by atoms with van der Waals surface area (Å²) in [7, 11) is 1.19. The molecule has 10 heteroatoms. The highest BCUT2D eigenvalue weighted by atomic mass is 16.5. The van der Waals surface area contributed by atoms with Crippen molar-refractivity contribution in [2.24, 2.45) is 5.92 Å². The molecule has 0 radical (unpaired) electrons. The van der Waals surface area contributed by atoms with Crippen molar-refractivity contribution >= 4 is 35.4 Å². The van der Waals surface area contributed by atoms with Crippen LogP contribution in [0, 0.1) is 5.92 Å². The summed E-state index contributed by atoms with van der Waals surface area (Å²) < 4.78 is 14.6. The Labute approximate surface area is 187 Å². The molecule has 32 heavy (non-hydrogen) atoms. The number of nitrogens with one attached hydrogen (secondary N) is 1. The van der Waals surface area contributed by atoms with Crippen LogP contribution in [-0.4, -0.2) is 62.6 Å². The summed E-state index contributed by atoms with van der Waals surface area (Å²) >= 11 is 0. The second-order valence-corrected chi connectivity index (χ2v) is 7.08. The summed E-state index contributed by atoms with van der Waals surface area (Å²) in [4.78, 5) is 62.8. The van der Waals surface area contributed by atoms with E-state index in [2.05, 4.69) is 10.1 Å². The minimum Gasteiger partial charge on any atom is -0.468 e. The van der Waals surface area contributed by atoms with Gasteiger partial charge in [0.05, 0.1) is 31.5 Å². The zero-order valence-electron chi connectivity index (χ0n) is 19.2. The number of ether oxygens (including phenoxy) is 3. The van der Waals surface area contributed by atoms with Crippen LogP contribution in [0.15, 0.2) is 18.2 Å². The quantitative estimate of drug-likeness (QED) is 0.421. The highest BCUT2D eigenvalue weighted by Crippen LogP contribution is 2.26. The van der Waals surface area contributed by atoms with Crippen LogP contribution in [0.25, 0.3) is 0 Å². The Morgan fingerprint density at radius 3 is 1.81 bits per heavy atom. The molecule has 1 N–H and O–H groups in total. The lowest BCUT2D eigenvalue weighted by molar-refractivity contribution is -0.141. The predicted octanol–water partition coefficient (Wildman–Crippen LogP) is 1.71. The highest BCUT2D eigenvalue weighted by Gasteiger charge is 2.33. The minimum atomic E-state index is -1.04. The first kappa shape index (κ1) is 26.6. The maximum absolute atomic E-state index is 12.9. The molecular formula is C22H30N2O8. The number of benzene rings is 1. The molecule has 0 aromatic heterocycles. The van der Waals surface area contributed by atoms with Gasteiger partial charge in [0.15, 0.2) is 0 Å². The number of carbonyl (C=O) groups excluding carboxylic acids is 5. The summed E-state index contributed by atoms with van der Waals surface area (Å²) in [5.74, 6) is -3.52. The maximum Gasteiger partial charge on any atom is 0.338 e. The third kappa shape index (κ3) is 7.07. The molecule has 1 aromatic rings. The fourth-order valence-corrected chi connectivity index (χ4v) is 3.01. The zero-order chi connectivity index (χ0) is 24.4. The summed E-state index contributed by atoms with van der Waals surface area (Å²) in [6.45, 7) is 7.81. The van der Waals surface area contributed by atoms with E-state index in [1.807, 2.05) is 0 Å². The summed E-state index contributed by atoms with van der Waals surface area (Å²) in [5, 5.41) is 2.44. The Bertz CT molecular complexity index is 829. The van der Waals surface area contributed by atoms with Gasteiger partial charge in [-0.3, -0.25) is 19.3 Å². The molecule has 0 spiro atoms. The van der Waals surface area contributed by atoms with E-state index in [0.717, 1.165) is 0 Å². The van der Waals surface area contributed by atoms with E-state index in [-0.39, 0.29) is 42.5 Å². The highest BCUT2D eigenvalue weighted by molar-refractivity contribution is 6.03. The number of hydrogen-bond donors (Lipinski definition) is 1. The Hall–Kier alpha value is -3.43. The van der Waals surface area contributed by atoms with Crippen LogP contribution in [0.3, 0.4) is 0 Å². The van der Waals surface area contributed by atoms with Crippen molar-refractivity contribution in [3.8, 4) is 0 Å². The smallest absolute Gasteiger partial charge is 0.338 e. The van der Waals surface area contributed by atoms with E-state index in [1.54, 1.807) is 27.7 Å². The van der Waals surface area contributed by atoms with Crippen LogP contribution in [0.2, 0.25) is 0 Å². The van der Waals surface area contributed by atoms with Crippen LogP contribution in [0.5, 0.6) is 0 Å². The first-order valence-electron chi connectivity index (χ1n) is 10.2. The average molecular weight is 450 g/mol. The number of amides is 2. The SMILES string of the molecule is CCOC(=O)c1cc(C(=O)OCC)cc(N(C(C)=O)C(C(=O)NCC(=O)OC)C(C)C)c1. The molecule has 0 aliphatic heterocycles. The molecule has 0 saturated heterocycles. The van der Waals surface area contributed by atoms with E-state index in [4.69, 9.17) is 9.47 Å². The fourth-order valence-electron chi connectivity index (χ4n) is 3.01. The van der Waals surface area contributed by atoms with Crippen molar-refractivity contribution in [3.05, 3.63) is 29.3 Å². The van der Waals surface area contributed by atoms with Gasteiger partial charge in [-0.15, -0.1) is 0 Å². The second kappa shape index (κ2) is 12.4. The molecular weight excluding hydrogens is 420 g/mol. The van der Waals surface area contributed by atoms with Crippen molar-refractivity contribution < 1.29 is 38.2 Å². The van der Waals surface area contributed by atoms with Gasteiger partial charge >= 0.3 is 17.9 Å². The van der Waals surface area contributed by atoms with Crippen molar-refractivity contribution in [1.29, 1.82) is 0 Å². The topological polar surface area (TPSA) is 128 Å². The molecule has 0 aliphatic carbocycles. The summed E-state index contributed by atoms with van der Waals surface area (Å²) in [5.41, 5.74) is 0.185. The third-order valence-electron chi connectivity index (χ3n) is 4.37. The second-order valence-electron chi connectivity index (χ2n) is 7.08. The fraction of sp³-hybridized carbons (Fsp3) is 0.500. The normalized spacial score (nSPS) is 11.3. The number of hydrogen-bond acceptors (Lipinski definition) is 8.